The minimum atomic E-state index is -3.63. The Kier molecular flexibility index (Phi) is 8.12. The van der Waals surface area contributed by atoms with Crippen LogP contribution < -0.4 is 15.8 Å². The average Bonchev–Trinajstić information content (AvgIpc) is 3.52. The van der Waals surface area contributed by atoms with Crippen molar-refractivity contribution in [3.05, 3.63) is 23.8 Å². The van der Waals surface area contributed by atoms with Crippen LogP contribution in [0.1, 0.15) is 48.9 Å². The van der Waals surface area contributed by atoms with Gasteiger partial charge in [0.05, 0.1) is 17.6 Å². The van der Waals surface area contributed by atoms with Crippen molar-refractivity contribution in [2.75, 3.05) is 26.7 Å². The monoisotopic (exact) mass is 431 g/mol. The molecule has 1 saturated heterocycles. The van der Waals surface area contributed by atoms with Crippen LogP contribution in [-0.2, 0) is 10.0 Å². The Hall–Kier alpha value is -1.35. The van der Waals surface area contributed by atoms with Crippen LogP contribution in [0.5, 0.6) is 5.75 Å². The maximum atomic E-state index is 13.0. The molecular formula is C19H30ClN3O4S. The van der Waals surface area contributed by atoms with E-state index in [2.05, 4.69) is 5.32 Å². The summed E-state index contributed by atoms with van der Waals surface area (Å²) in [5.74, 6) is 0.458. The molecule has 2 aliphatic rings. The smallest absolute Gasteiger partial charge is 0.255 e. The van der Waals surface area contributed by atoms with Crippen molar-refractivity contribution >= 4 is 28.3 Å². The number of carbonyl (C=O) groups is 1. The van der Waals surface area contributed by atoms with Crippen LogP contribution in [0.15, 0.2) is 23.1 Å². The fourth-order valence-electron chi connectivity index (χ4n) is 3.45. The van der Waals surface area contributed by atoms with E-state index in [-0.39, 0.29) is 34.8 Å². The van der Waals surface area contributed by atoms with Gasteiger partial charge < -0.3 is 15.8 Å². The van der Waals surface area contributed by atoms with E-state index in [1.807, 2.05) is 0 Å². The molecule has 1 aliphatic heterocycles. The number of hydrogen-bond donors (Lipinski definition) is 2. The molecule has 3 rings (SSSR count). The van der Waals surface area contributed by atoms with Crippen LogP contribution in [0, 0.1) is 5.92 Å². The fraction of sp³-hybridized carbons (Fsp3) is 0.632. The number of ether oxygens (including phenoxy) is 1. The summed E-state index contributed by atoms with van der Waals surface area (Å²) in [6, 6.07) is 4.40. The van der Waals surface area contributed by atoms with Gasteiger partial charge in [-0.3, -0.25) is 4.79 Å². The van der Waals surface area contributed by atoms with Gasteiger partial charge in [0.1, 0.15) is 5.75 Å². The summed E-state index contributed by atoms with van der Waals surface area (Å²) in [7, 11) is -2.16. The molecule has 28 heavy (non-hydrogen) atoms. The SMILES string of the molecule is COc1ccc(S(=O)(=O)N2CCCCCC2)cc1C(=O)NCC(N)C1CC1.Cl. The largest absolute Gasteiger partial charge is 0.496 e. The average molecular weight is 432 g/mol. The summed E-state index contributed by atoms with van der Waals surface area (Å²) in [5.41, 5.74) is 6.26. The van der Waals surface area contributed by atoms with Crippen molar-refractivity contribution in [3.8, 4) is 5.75 Å². The zero-order chi connectivity index (χ0) is 19.4. The van der Waals surface area contributed by atoms with Gasteiger partial charge in [-0.15, -0.1) is 12.4 Å². The highest BCUT2D eigenvalue weighted by Gasteiger charge is 2.30. The first kappa shape index (κ1) is 22.9. The number of rotatable bonds is 7. The highest BCUT2D eigenvalue weighted by Crippen LogP contribution is 2.31. The molecule has 3 N–H and O–H groups in total. The number of carbonyl (C=O) groups excluding carboxylic acids is 1. The molecular weight excluding hydrogens is 402 g/mol. The third-order valence-electron chi connectivity index (χ3n) is 5.34. The number of sulfonamides is 1. The normalized spacial score (nSPS) is 19.2. The molecule has 1 unspecified atom stereocenters. The predicted octanol–water partition coefficient (Wildman–Crippen LogP) is 2.15. The lowest BCUT2D eigenvalue weighted by molar-refractivity contribution is 0.0947. The third-order valence-corrected chi connectivity index (χ3v) is 7.24. The Bertz CT molecular complexity index is 775. The summed E-state index contributed by atoms with van der Waals surface area (Å²) in [5, 5.41) is 2.81. The molecule has 0 radical (unpaired) electrons. The van der Waals surface area contributed by atoms with Crippen LogP contribution >= 0.6 is 12.4 Å². The van der Waals surface area contributed by atoms with Crippen LogP contribution in [0.25, 0.3) is 0 Å². The van der Waals surface area contributed by atoms with Crippen molar-refractivity contribution in [1.29, 1.82) is 0 Å². The molecule has 1 aliphatic carbocycles. The zero-order valence-electron chi connectivity index (χ0n) is 16.2. The Balaban J connectivity index is 0.00000280. The van der Waals surface area contributed by atoms with E-state index < -0.39 is 10.0 Å². The van der Waals surface area contributed by atoms with E-state index in [0.717, 1.165) is 38.5 Å². The first-order valence-electron chi connectivity index (χ1n) is 9.65. The fourth-order valence-corrected chi connectivity index (χ4v) is 5.00. The van der Waals surface area contributed by atoms with Crippen molar-refractivity contribution < 1.29 is 17.9 Å². The van der Waals surface area contributed by atoms with E-state index in [4.69, 9.17) is 10.5 Å². The number of amides is 1. The van der Waals surface area contributed by atoms with Gasteiger partial charge in [0.15, 0.2) is 0 Å². The van der Waals surface area contributed by atoms with Crippen molar-refractivity contribution in [2.24, 2.45) is 11.7 Å². The molecule has 1 saturated carbocycles. The maximum absolute atomic E-state index is 13.0. The van der Waals surface area contributed by atoms with Crippen LogP contribution in [0.2, 0.25) is 0 Å². The first-order chi connectivity index (χ1) is 12.9. The summed E-state index contributed by atoms with van der Waals surface area (Å²) >= 11 is 0. The van der Waals surface area contributed by atoms with E-state index in [1.165, 1.54) is 23.5 Å². The molecule has 0 aromatic heterocycles. The van der Waals surface area contributed by atoms with Gasteiger partial charge in [-0.2, -0.15) is 4.31 Å². The number of nitrogens with one attached hydrogen (secondary N) is 1. The number of benzene rings is 1. The Morgan fingerprint density at radius 1 is 1.25 bits per heavy atom. The molecule has 1 amide bonds. The number of nitrogens with zero attached hydrogens (tertiary/aromatic N) is 1. The minimum Gasteiger partial charge on any atom is -0.496 e. The second-order valence-electron chi connectivity index (χ2n) is 7.39. The lowest BCUT2D eigenvalue weighted by Crippen LogP contribution is -2.38. The first-order valence-corrected chi connectivity index (χ1v) is 11.1. The Labute approximate surface area is 173 Å². The van der Waals surface area contributed by atoms with Crippen LogP contribution in [0.3, 0.4) is 0 Å². The Morgan fingerprint density at radius 3 is 2.46 bits per heavy atom. The molecule has 0 bridgehead atoms. The van der Waals surface area contributed by atoms with E-state index >= 15 is 0 Å². The second-order valence-corrected chi connectivity index (χ2v) is 9.33. The van der Waals surface area contributed by atoms with E-state index in [9.17, 15) is 13.2 Å². The third kappa shape index (κ3) is 5.37. The summed E-state index contributed by atoms with van der Waals surface area (Å²) in [6.07, 6.45) is 6.02. The molecule has 1 aromatic rings. The number of hydrogen-bond acceptors (Lipinski definition) is 5. The highest BCUT2D eigenvalue weighted by molar-refractivity contribution is 7.89. The van der Waals surface area contributed by atoms with Gasteiger partial charge in [-0.1, -0.05) is 12.8 Å². The molecule has 7 nitrogen and oxygen atoms in total. The van der Waals surface area contributed by atoms with Crippen molar-refractivity contribution in [2.45, 2.75) is 49.5 Å². The summed E-state index contributed by atoms with van der Waals surface area (Å²) in [6.45, 7) is 1.41. The second kappa shape index (κ2) is 9.91. The van der Waals surface area contributed by atoms with Crippen molar-refractivity contribution in [1.82, 2.24) is 9.62 Å². The standard InChI is InChI=1S/C19H29N3O4S.ClH/c1-26-18-9-8-15(27(24,25)22-10-4-2-3-5-11-22)12-16(18)19(23)21-13-17(20)14-6-7-14;/h8-9,12,14,17H,2-7,10-11,13,20H2,1H3,(H,21,23);1H. The van der Waals surface area contributed by atoms with Gasteiger partial charge in [0, 0.05) is 25.7 Å². The molecule has 1 heterocycles. The zero-order valence-corrected chi connectivity index (χ0v) is 17.9. The number of methoxy groups -OCH3 is 1. The van der Waals surface area contributed by atoms with Crippen molar-refractivity contribution in [3.63, 3.8) is 0 Å². The van der Waals surface area contributed by atoms with Gasteiger partial charge in [0.2, 0.25) is 10.0 Å². The lowest BCUT2D eigenvalue weighted by Gasteiger charge is -2.21. The molecule has 1 aromatic carbocycles. The number of nitrogens with two attached hydrogens (primary N) is 1. The van der Waals surface area contributed by atoms with Crippen LogP contribution in [-0.4, -0.2) is 51.4 Å². The molecule has 1 atom stereocenters. The van der Waals surface area contributed by atoms with Crippen LogP contribution in [0.4, 0.5) is 0 Å². The van der Waals surface area contributed by atoms with Gasteiger partial charge >= 0.3 is 0 Å². The van der Waals surface area contributed by atoms with E-state index in [0.29, 0.717) is 31.3 Å². The molecule has 0 spiro atoms. The molecule has 158 valence electrons. The van der Waals surface area contributed by atoms with Gasteiger partial charge in [-0.25, -0.2) is 8.42 Å². The Morgan fingerprint density at radius 2 is 1.89 bits per heavy atom. The van der Waals surface area contributed by atoms with Gasteiger partial charge in [-0.05, 0) is 49.8 Å². The molecule has 9 heteroatoms. The minimum absolute atomic E-state index is 0. The highest BCUT2D eigenvalue weighted by atomic mass is 35.5. The maximum Gasteiger partial charge on any atom is 0.255 e. The summed E-state index contributed by atoms with van der Waals surface area (Å²) < 4.78 is 32.8. The lowest BCUT2D eigenvalue weighted by atomic mass is 10.1. The summed E-state index contributed by atoms with van der Waals surface area (Å²) in [4.78, 5) is 12.8. The van der Waals surface area contributed by atoms with E-state index in [1.54, 1.807) is 6.07 Å². The number of halogens is 1. The predicted molar refractivity (Wildman–Crippen MR) is 111 cm³/mol. The van der Waals surface area contributed by atoms with Gasteiger partial charge in [0.25, 0.3) is 5.91 Å². The quantitative estimate of drug-likeness (QED) is 0.688. The molecule has 2 fully saturated rings. The topological polar surface area (TPSA) is 102 Å².